The Balaban J connectivity index is 1.45. The van der Waals surface area contributed by atoms with Crippen molar-refractivity contribution in [2.45, 2.75) is 50.6 Å². The molecule has 2 aromatic rings. The van der Waals surface area contributed by atoms with Crippen LogP contribution >= 0.6 is 0 Å². The Morgan fingerprint density at radius 1 is 1.14 bits per heavy atom. The topological polar surface area (TPSA) is 86.8 Å². The monoisotopic (exact) mass is 408 g/mol. The zero-order valence-electron chi connectivity index (χ0n) is 15.9. The Kier molecular flexibility index (Phi) is 5.42. The van der Waals surface area contributed by atoms with E-state index in [4.69, 9.17) is 0 Å². The van der Waals surface area contributed by atoms with Crippen LogP contribution in [0.4, 0.5) is 24.7 Å². The van der Waals surface area contributed by atoms with Crippen molar-refractivity contribution in [3.05, 3.63) is 29.7 Å². The van der Waals surface area contributed by atoms with Gasteiger partial charge in [-0.3, -0.25) is 9.89 Å². The molecule has 0 aromatic carbocycles. The van der Waals surface area contributed by atoms with Crippen LogP contribution in [0.5, 0.6) is 0 Å². The summed E-state index contributed by atoms with van der Waals surface area (Å²) < 4.78 is 38.1. The van der Waals surface area contributed by atoms with Crippen LogP contribution in [0.15, 0.2) is 18.3 Å². The maximum atomic E-state index is 12.7. The number of halogens is 3. The second-order valence-corrected chi connectivity index (χ2v) is 7.73. The molecule has 3 heterocycles. The first kappa shape index (κ1) is 19.7. The van der Waals surface area contributed by atoms with Gasteiger partial charge < -0.3 is 10.2 Å². The molecule has 1 aliphatic heterocycles. The molecule has 10 heteroatoms. The lowest BCUT2D eigenvalue weighted by Gasteiger charge is -2.33. The summed E-state index contributed by atoms with van der Waals surface area (Å²) >= 11 is 0. The number of aromatic nitrogens is 4. The summed E-state index contributed by atoms with van der Waals surface area (Å²) in [5.41, 5.74) is 0.536. The summed E-state index contributed by atoms with van der Waals surface area (Å²) in [4.78, 5) is 14.4. The van der Waals surface area contributed by atoms with Crippen molar-refractivity contribution in [3.63, 3.8) is 0 Å². The molecule has 1 aliphatic carbocycles. The van der Waals surface area contributed by atoms with Gasteiger partial charge in [0.2, 0.25) is 5.91 Å². The standard InChI is InChI=1S/C19H23F3N6O/c20-19(21,22)15-7-8-16(26-25-15)28-9-3-6-13(11-28)17-14(10-23-27-17)24-18(29)12-4-1-2-5-12/h7-8,10,12-13H,1-6,9,11H2,(H,23,27)(H,24,29)/t13-/m1/s1. The Labute approximate surface area is 166 Å². The van der Waals surface area contributed by atoms with E-state index in [1.54, 1.807) is 6.20 Å². The molecular weight excluding hydrogens is 385 g/mol. The number of hydrogen-bond acceptors (Lipinski definition) is 5. The number of anilines is 2. The zero-order valence-corrected chi connectivity index (χ0v) is 15.9. The summed E-state index contributed by atoms with van der Waals surface area (Å²) in [6.45, 7) is 1.25. The van der Waals surface area contributed by atoms with Crippen LogP contribution < -0.4 is 10.2 Å². The van der Waals surface area contributed by atoms with Gasteiger partial charge in [-0.25, -0.2) is 0 Å². The fraction of sp³-hybridized carbons (Fsp3) is 0.579. The van der Waals surface area contributed by atoms with Crippen LogP contribution in [-0.2, 0) is 11.0 Å². The van der Waals surface area contributed by atoms with E-state index < -0.39 is 11.9 Å². The summed E-state index contributed by atoms with van der Waals surface area (Å²) in [6, 6.07) is 2.31. The van der Waals surface area contributed by atoms with Crippen LogP contribution in [0.3, 0.4) is 0 Å². The highest BCUT2D eigenvalue weighted by Crippen LogP contribution is 2.34. The van der Waals surface area contributed by atoms with Gasteiger partial charge in [0.15, 0.2) is 11.5 Å². The van der Waals surface area contributed by atoms with Gasteiger partial charge in [0, 0.05) is 24.9 Å². The van der Waals surface area contributed by atoms with E-state index in [9.17, 15) is 18.0 Å². The fourth-order valence-corrected chi connectivity index (χ4v) is 4.20. The number of nitrogens with zero attached hydrogens (tertiary/aromatic N) is 4. The summed E-state index contributed by atoms with van der Waals surface area (Å²) in [6.07, 6.45) is 2.87. The molecule has 7 nitrogen and oxygen atoms in total. The van der Waals surface area contributed by atoms with E-state index in [0.717, 1.165) is 50.3 Å². The predicted octanol–water partition coefficient (Wildman–Crippen LogP) is 3.73. The predicted molar refractivity (Wildman–Crippen MR) is 100 cm³/mol. The summed E-state index contributed by atoms with van der Waals surface area (Å²) in [5.74, 6) is 0.572. The molecule has 2 aliphatic rings. The second kappa shape index (κ2) is 8.00. The molecule has 156 valence electrons. The van der Waals surface area contributed by atoms with Gasteiger partial charge in [-0.2, -0.15) is 18.3 Å². The number of aromatic amines is 1. The van der Waals surface area contributed by atoms with Crippen LogP contribution in [-0.4, -0.2) is 39.4 Å². The molecule has 2 N–H and O–H groups in total. The van der Waals surface area contributed by atoms with E-state index in [0.29, 0.717) is 24.6 Å². The first-order chi connectivity index (χ1) is 13.9. The second-order valence-electron chi connectivity index (χ2n) is 7.73. The minimum atomic E-state index is -4.50. The van der Waals surface area contributed by atoms with Crippen LogP contribution in [0, 0.1) is 5.92 Å². The van der Waals surface area contributed by atoms with Crippen molar-refractivity contribution in [1.82, 2.24) is 20.4 Å². The number of piperidine rings is 1. The van der Waals surface area contributed by atoms with Gasteiger partial charge in [0.05, 0.1) is 17.6 Å². The molecule has 0 spiro atoms. The smallest absolute Gasteiger partial charge is 0.354 e. The zero-order chi connectivity index (χ0) is 20.4. The first-order valence-electron chi connectivity index (χ1n) is 9.92. The van der Waals surface area contributed by atoms with Crippen LogP contribution in [0.25, 0.3) is 0 Å². The number of nitrogens with one attached hydrogen (secondary N) is 2. The third-order valence-electron chi connectivity index (χ3n) is 5.75. The van der Waals surface area contributed by atoms with Gasteiger partial charge in [-0.15, -0.1) is 10.2 Å². The van der Waals surface area contributed by atoms with E-state index in [2.05, 4.69) is 25.7 Å². The minimum Gasteiger partial charge on any atom is -0.354 e. The molecule has 0 unspecified atom stereocenters. The lowest BCUT2D eigenvalue weighted by molar-refractivity contribution is -0.141. The van der Waals surface area contributed by atoms with Crippen molar-refractivity contribution >= 4 is 17.4 Å². The highest BCUT2D eigenvalue weighted by atomic mass is 19.4. The van der Waals surface area contributed by atoms with Gasteiger partial charge in [-0.1, -0.05) is 12.8 Å². The lowest BCUT2D eigenvalue weighted by Crippen LogP contribution is -2.35. The molecule has 1 amide bonds. The van der Waals surface area contributed by atoms with Gasteiger partial charge in [-0.05, 0) is 37.8 Å². The number of carbonyl (C=O) groups excluding carboxylic acids is 1. The third kappa shape index (κ3) is 4.35. The van der Waals surface area contributed by atoms with Crippen LogP contribution in [0.2, 0.25) is 0 Å². The number of rotatable bonds is 4. The lowest BCUT2D eigenvalue weighted by atomic mass is 9.94. The van der Waals surface area contributed by atoms with E-state index in [-0.39, 0.29) is 17.7 Å². The van der Waals surface area contributed by atoms with Crippen molar-refractivity contribution in [3.8, 4) is 0 Å². The Bertz CT molecular complexity index is 844. The molecule has 1 saturated carbocycles. The molecule has 2 aromatic heterocycles. The molecule has 2 fully saturated rings. The quantitative estimate of drug-likeness (QED) is 0.805. The van der Waals surface area contributed by atoms with Crippen molar-refractivity contribution in [1.29, 1.82) is 0 Å². The third-order valence-corrected chi connectivity index (χ3v) is 5.75. The van der Waals surface area contributed by atoms with E-state index >= 15 is 0 Å². The van der Waals surface area contributed by atoms with Gasteiger partial charge >= 0.3 is 6.18 Å². The molecule has 4 rings (SSSR count). The number of amides is 1. The maximum Gasteiger partial charge on any atom is 0.435 e. The van der Waals surface area contributed by atoms with Crippen molar-refractivity contribution < 1.29 is 18.0 Å². The molecule has 0 radical (unpaired) electrons. The van der Waals surface area contributed by atoms with E-state index in [1.165, 1.54) is 6.07 Å². The molecule has 29 heavy (non-hydrogen) atoms. The first-order valence-corrected chi connectivity index (χ1v) is 9.92. The Morgan fingerprint density at radius 3 is 2.62 bits per heavy atom. The highest BCUT2D eigenvalue weighted by Gasteiger charge is 2.33. The summed E-state index contributed by atoms with van der Waals surface area (Å²) in [5, 5.41) is 17.2. The normalized spacial score (nSPS) is 20.8. The average molecular weight is 408 g/mol. The Hall–Kier alpha value is -2.65. The fourth-order valence-electron chi connectivity index (χ4n) is 4.20. The maximum absolute atomic E-state index is 12.7. The van der Waals surface area contributed by atoms with E-state index in [1.807, 2.05) is 4.90 Å². The molecule has 1 atom stereocenters. The molecular formula is C19H23F3N6O. The average Bonchev–Trinajstić information content (AvgIpc) is 3.40. The van der Waals surface area contributed by atoms with Crippen molar-refractivity contribution in [2.75, 3.05) is 23.3 Å². The van der Waals surface area contributed by atoms with Gasteiger partial charge in [0.1, 0.15) is 0 Å². The summed E-state index contributed by atoms with van der Waals surface area (Å²) in [7, 11) is 0. The number of carbonyl (C=O) groups is 1. The number of hydrogen-bond donors (Lipinski definition) is 2. The highest BCUT2D eigenvalue weighted by molar-refractivity contribution is 5.93. The SMILES string of the molecule is O=C(Nc1cn[nH]c1[C@@H]1CCCN(c2ccc(C(F)(F)F)nn2)C1)C1CCCC1. The minimum absolute atomic E-state index is 0.0337. The molecule has 1 saturated heterocycles. The number of H-pyrrole nitrogens is 1. The number of alkyl halides is 3. The molecule has 0 bridgehead atoms. The van der Waals surface area contributed by atoms with Gasteiger partial charge in [0.25, 0.3) is 0 Å². The van der Waals surface area contributed by atoms with Crippen molar-refractivity contribution in [2.24, 2.45) is 5.92 Å². The largest absolute Gasteiger partial charge is 0.435 e. The van der Waals surface area contributed by atoms with Crippen LogP contribution in [0.1, 0.15) is 55.8 Å². The Morgan fingerprint density at radius 2 is 1.93 bits per heavy atom.